The minimum Gasteiger partial charge on any atom is -0.392 e. The van der Waals surface area contributed by atoms with Crippen molar-refractivity contribution in [3.05, 3.63) is 29.8 Å². The molecule has 0 aliphatic heterocycles. The van der Waals surface area contributed by atoms with Gasteiger partial charge in [-0.1, -0.05) is 23.4 Å². The minimum atomic E-state index is 0.0250. The van der Waals surface area contributed by atoms with Crippen LogP contribution in [0.1, 0.15) is 5.56 Å². The lowest BCUT2D eigenvalue weighted by Gasteiger charge is -1.92. The summed E-state index contributed by atoms with van der Waals surface area (Å²) in [6.45, 7) is 0.0250. The van der Waals surface area contributed by atoms with Crippen LogP contribution in [0, 0.1) is 0 Å². The molecular weight excluding hydrogens is 180 g/mol. The van der Waals surface area contributed by atoms with Crippen LogP contribution in [0.4, 0.5) is 5.82 Å². The van der Waals surface area contributed by atoms with Gasteiger partial charge in [-0.3, -0.25) is 0 Å². The van der Waals surface area contributed by atoms with E-state index >= 15 is 0 Å². The van der Waals surface area contributed by atoms with E-state index in [1.54, 1.807) is 12.1 Å². The van der Waals surface area contributed by atoms with Crippen molar-refractivity contribution in [2.45, 2.75) is 0 Å². The molecule has 1 aromatic carbocycles. The van der Waals surface area contributed by atoms with Crippen molar-refractivity contribution in [1.82, 2.24) is 5.16 Å². The van der Waals surface area contributed by atoms with Crippen LogP contribution < -0.4 is 5.73 Å². The monoisotopic (exact) mass is 190 g/mol. The summed E-state index contributed by atoms with van der Waals surface area (Å²) in [4.78, 5) is 0. The summed E-state index contributed by atoms with van der Waals surface area (Å²) >= 11 is 0. The SMILES string of the molecule is Nc1noc2ccc(C=CCO)cc12. The molecule has 0 fully saturated rings. The van der Waals surface area contributed by atoms with Crippen LogP contribution in [0.3, 0.4) is 0 Å². The Labute approximate surface area is 80.6 Å². The van der Waals surface area contributed by atoms with Gasteiger partial charge in [0.05, 0.1) is 12.0 Å². The van der Waals surface area contributed by atoms with Crippen LogP contribution in [0.25, 0.3) is 17.0 Å². The number of hydrogen-bond donors (Lipinski definition) is 2. The maximum Gasteiger partial charge on any atom is 0.174 e. The lowest BCUT2D eigenvalue weighted by Crippen LogP contribution is -1.83. The van der Waals surface area contributed by atoms with Crippen LogP contribution in [0.5, 0.6) is 0 Å². The van der Waals surface area contributed by atoms with Gasteiger partial charge in [-0.2, -0.15) is 0 Å². The third kappa shape index (κ3) is 1.47. The van der Waals surface area contributed by atoms with Crippen molar-refractivity contribution in [3.8, 4) is 0 Å². The van der Waals surface area contributed by atoms with E-state index in [0.29, 0.717) is 11.4 Å². The second-order valence-corrected chi connectivity index (χ2v) is 2.91. The molecule has 0 saturated heterocycles. The summed E-state index contributed by atoms with van der Waals surface area (Å²) in [5.41, 5.74) is 7.23. The average Bonchev–Trinajstić information content (AvgIpc) is 2.57. The number of nitrogen functional groups attached to an aromatic ring is 1. The van der Waals surface area contributed by atoms with Gasteiger partial charge < -0.3 is 15.4 Å². The maximum atomic E-state index is 8.61. The van der Waals surface area contributed by atoms with E-state index < -0.39 is 0 Å². The summed E-state index contributed by atoms with van der Waals surface area (Å²) in [6, 6.07) is 5.54. The van der Waals surface area contributed by atoms with Crippen molar-refractivity contribution in [3.63, 3.8) is 0 Å². The molecule has 0 saturated carbocycles. The number of benzene rings is 1. The molecule has 1 aromatic heterocycles. The van der Waals surface area contributed by atoms with Crippen molar-refractivity contribution in [2.75, 3.05) is 12.3 Å². The summed E-state index contributed by atoms with van der Waals surface area (Å²) in [5, 5.41) is 13.1. The smallest absolute Gasteiger partial charge is 0.174 e. The molecule has 0 aliphatic carbocycles. The zero-order valence-corrected chi connectivity index (χ0v) is 7.47. The quantitative estimate of drug-likeness (QED) is 0.751. The number of hydrogen-bond acceptors (Lipinski definition) is 4. The molecule has 2 aromatic rings. The molecule has 0 radical (unpaired) electrons. The van der Waals surface area contributed by atoms with E-state index in [2.05, 4.69) is 5.16 Å². The van der Waals surface area contributed by atoms with E-state index in [9.17, 15) is 0 Å². The van der Waals surface area contributed by atoms with Gasteiger partial charge in [-0.25, -0.2) is 0 Å². The summed E-state index contributed by atoms with van der Waals surface area (Å²) in [7, 11) is 0. The summed E-state index contributed by atoms with van der Waals surface area (Å²) in [6.07, 6.45) is 3.47. The van der Waals surface area contributed by atoms with E-state index in [-0.39, 0.29) is 6.61 Å². The highest BCUT2D eigenvalue weighted by atomic mass is 16.5. The molecule has 3 N–H and O–H groups in total. The number of nitrogens with two attached hydrogens (primary N) is 1. The highest BCUT2D eigenvalue weighted by Crippen LogP contribution is 2.21. The van der Waals surface area contributed by atoms with Crippen LogP contribution >= 0.6 is 0 Å². The number of fused-ring (bicyclic) bond motifs is 1. The molecule has 0 aliphatic rings. The molecule has 0 amide bonds. The van der Waals surface area contributed by atoms with Crippen molar-refractivity contribution >= 4 is 22.9 Å². The molecule has 4 heteroatoms. The molecule has 1 heterocycles. The Balaban J connectivity index is 2.49. The van der Waals surface area contributed by atoms with E-state index in [0.717, 1.165) is 10.9 Å². The fourth-order valence-corrected chi connectivity index (χ4v) is 1.27. The Morgan fingerprint density at radius 1 is 1.50 bits per heavy atom. The number of aliphatic hydroxyl groups excluding tert-OH is 1. The lowest BCUT2D eigenvalue weighted by molar-refractivity contribution is 0.343. The number of rotatable bonds is 2. The Bertz CT molecular complexity index is 474. The lowest BCUT2D eigenvalue weighted by atomic mass is 10.1. The first kappa shape index (κ1) is 8.77. The van der Waals surface area contributed by atoms with Crippen molar-refractivity contribution in [2.24, 2.45) is 0 Å². The Hall–Kier alpha value is -1.81. The Morgan fingerprint density at radius 2 is 2.36 bits per heavy atom. The average molecular weight is 190 g/mol. The Kier molecular flexibility index (Phi) is 2.20. The number of anilines is 1. The topological polar surface area (TPSA) is 72.3 Å². The number of aliphatic hydroxyl groups is 1. The first-order chi connectivity index (χ1) is 6.81. The predicted molar refractivity (Wildman–Crippen MR) is 54.5 cm³/mol. The van der Waals surface area contributed by atoms with E-state index in [1.807, 2.05) is 18.2 Å². The van der Waals surface area contributed by atoms with E-state index in [1.165, 1.54) is 0 Å². The summed E-state index contributed by atoms with van der Waals surface area (Å²) < 4.78 is 4.96. The van der Waals surface area contributed by atoms with Crippen LogP contribution in [0.2, 0.25) is 0 Å². The Morgan fingerprint density at radius 3 is 3.14 bits per heavy atom. The maximum absolute atomic E-state index is 8.61. The molecule has 2 rings (SSSR count). The fraction of sp³-hybridized carbons (Fsp3) is 0.100. The molecular formula is C10H10N2O2. The van der Waals surface area contributed by atoms with Gasteiger partial charge in [0, 0.05) is 0 Å². The second-order valence-electron chi connectivity index (χ2n) is 2.91. The second kappa shape index (κ2) is 3.51. The van der Waals surface area contributed by atoms with Gasteiger partial charge >= 0.3 is 0 Å². The van der Waals surface area contributed by atoms with Gasteiger partial charge in [0.2, 0.25) is 0 Å². The summed E-state index contributed by atoms with van der Waals surface area (Å²) in [5.74, 6) is 0.388. The molecule has 4 nitrogen and oxygen atoms in total. The van der Waals surface area contributed by atoms with Crippen molar-refractivity contribution < 1.29 is 9.63 Å². The standard InChI is InChI=1S/C10H10N2O2/c11-10-8-6-7(2-1-5-13)3-4-9(8)14-12-10/h1-4,6,13H,5H2,(H2,11,12). The van der Waals surface area contributed by atoms with Crippen molar-refractivity contribution in [1.29, 1.82) is 0 Å². The molecule has 0 spiro atoms. The first-order valence-corrected chi connectivity index (χ1v) is 4.23. The third-order valence-electron chi connectivity index (χ3n) is 1.94. The van der Waals surface area contributed by atoms with Crippen LogP contribution in [0.15, 0.2) is 28.8 Å². The van der Waals surface area contributed by atoms with Gasteiger partial charge in [0.1, 0.15) is 0 Å². The molecule has 0 unspecified atom stereocenters. The van der Waals surface area contributed by atoms with Gasteiger partial charge in [-0.15, -0.1) is 0 Å². The highest BCUT2D eigenvalue weighted by molar-refractivity contribution is 5.88. The zero-order valence-electron chi connectivity index (χ0n) is 7.47. The van der Waals surface area contributed by atoms with E-state index in [4.69, 9.17) is 15.4 Å². The number of nitrogens with zero attached hydrogens (tertiary/aromatic N) is 1. The fourth-order valence-electron chi connectivity index (χ4n) is 1.27. The molecule has 14 heavy (non-hydrogen) atoms. The van der Waals surface area contributed by atoms with Crippen LogP contribution in [-0.2, 0) is 0 Å². The predicted octanol–water partition coefficient (Wildman–Crippen LogP) is 1.42. The van der Waals surface area contributed by atoms with Crippen LogP contribution in [-0.4, -0.2) is 16.9 Å². The van der Waals surface area contributed by atoms with Gasteiger partial charge in [0.25, 0.3) is 0 Å². The largest absolute Gasteiger partial charge is 0.392 e. The number of aromatic nitrogens is 1. The van der Waals surface area contributed by atoms with Gasteiger partial charge in [-0.05, 0) is 17.7 Å². The molecule has 72 valence electrons. The molecule has 0 bridgehead atoms. The van der Waals surface area contributed by atoms with Gasteiger partial charge in [0.15, 0.2) is 11.4 Å². The third-order valence-corrected chi connectivity index (χ3v) is 1.94. The minimum absolute atomic E-state index is 0.0250. The highest BCUT2D eigenvalue weighted by Gasteiger charge is 2.03. The normalized spacial score (nSPS) is 11.5. The zero-order chi connectivity index (χ0) is 9.97. The first-order valence-electron chi connectivity index (χ1n) is 4.23. The molecule has 0 atom stereocenters.